The van der Waals surface area contributed by atoms with E-state index in [1.807, 2.05) is 0 Å². The van der Waals surface area contributed by atoms with Gasteiger partial charge in [-0.15, -0.1) is 34.8 Å². The molecule has 7 atom stereocenters. The van der Waals surface area contributed by atoms with Gasteiger partial charge in [-0.2, -0.15) is 0 Å². The number of fused-ring (bicyclic) bond motifs is 7. The Morgan fingerprint density at radius 3 is 2.20 bits per heavy atom. The lowest BCUT2D eigenvalue weighted by Crippen LogP contribution is -2.35. The predicted molar refractivity (Wildman–Crippen MR) is 82.3 cm³/mol. The van der Waals surface area contributed by atoms with Crippen LogP contribution in [0.3, 0.4) is 0 Å². The highest BCUT2D eigenvalue weighted by molar-refractivity contribution is 6.51. The van der Waals surface area contributed by atoms with Gasteiger partial charge in [0.2, 0.25) is 0 Å². The summed E-state index contributed by atoms with van der Waals surface area (Å²) in [7, 11) is 0. The van der Waals surface area contributed by atoms with Crippen molar-refractivity contribution in [3.05, 3.63) is 11.1 Å². The fraction of sp³-hybridized carbons (Fsp3) is 0.875. The molecule has 0 amide bonds. The summed E-state index contributed by atoms with van der Waals surface area (Å²) in [5.74, 6) is 3.65. The molecule has 6 rings (SSSR count). The van der Waals surface area contributed by atoms with Crippen molar-refractivity contribution < 1.29 is 0 Å². The molecule has 4 heteroatoms. The van der Waals surface area contributed by atoms with E-state index in [1.54, 1.807) is 0 Å². The highest BCUT2D eigenvalue weighted by Crippen LogP contribution is 2.92. The Morgan fingerprint density at radius 2 is 1.60 bits per heavy atom. The number of rotatable bonds is 0. The van der Waals surface area contributed by atoms with Gasteiger partial charge in [-0.25, -0.2) is 0 Å². The average Bonchev–Trinajstić information content (AvgIpc) is 3.23. The molecule has 0 aromatic heterocycles. The van der Waals surface area contributed by atoms with Gasteiger partial charge in [0.25, 0.3) is 0 Å². The summed E-state index contributed by atoms with van der Waals surface area (Å²) >= 11 is 26.6. The molecule has 20 heavy (non-hydrogen) atoms. The number of alkyl halides is 3. The SMILES string of the molecule is ClC1=C[C@H]2[C@H]3[C@@H]4[C@H](C4(Cl)Cl)C4(CC4)[C@H]3[C@@H]([C@H]1Cl)C21CC1. The lowest BCUT2D eigenvalue weighted by Gasteiger charge is -2.36. The smallest absolute Gasteiger partial charge is 0.117 e. The van der Waals surface area contributed by atoms with Gasteiger partial charge in [0, 0.05) is 16.9 Å². The van der Waals surface area contributed by atoms with Crippen molar-refractivity contribution in [2.45, 2.75) is 35.4 Å². The molecule has 0 unspecified atom stereocenters. The molecule has 0 radical (unpaired) electrons. The van der Waals surface area contributed by atoms with Crippen LogP contribution in [0, 0.1) is 46.3 Å². The lowest BCUT2D eigenvalue weighted by molar-refractivity contribution is 0.182. The van der Waals surface area contributed by atoms with Crippen LogP contribution < -0.4 is 0 Å². The van der Waals surface area contributed by atoms with Crippen LogP contribution in [-0.2, 0) is 0 Å². The summed E-state index contributed by atoms with van der Waals surface area (Å²) in [6.45, 7) is 0. The summed E-state index contributed by atoms with van der Waals surface area (Å²) in [5, 5.41) is 0.941. The molecule has 6 aliphatic carbocycles. The van der Waals surface area contributed by atoms with Crippen molar-refractivity contribution in [2.75, 3.05) is 0 Å². The van der Waals surface area contributed by atoms with E-state index in [4.69, 9.17) is 46.4 Å². The molecular formula is C16H16Cl4. The molecule has 0 nitrogen and oxygen atoms in total. The number of halogens is 4. The van der Waals surface area contributed by atoms with E-state index >= 15 is 0 Å². The fourth-order valence-corrected chi connectivity index (χ4v) is 9.05. The zero-order chi connectivity index (χ0) is 13.7. The van der Waals surface area contributed by atoms with E-state index in [9.17, 15) is 0 Å². The maximum Gasteiger partial charge on any atom is 0.125 e. The number of hydrogen-bond acceptors (Lipinski definition) is 0. The Labute approximate surface area is 139 Å². The molecule has 5 fully saturated rings. The molecule has 0 aromatic rings. The summed E-state index contributed by atoms with van der Waals surface area (Å²) < 4.78 is -0.451. The molecule has 108 valence electrons. The van der Waals surface area contributed by atoms with Crippen molar-refractivity contribution in [3.63, 3.8) is 0 Å². The largest absolute Gasteiger partial charge is 0.125 e. The Kier molecular flexibility index (Phi) is 1.91. The lowest BCUT2D eigenvalue weighted by atomic mass is 9.72. The molecular weight excluding hydrogens is 334 g/mol. The minimum Gasteiger partial charge on any atom is -0.117 e. The Bertz CT molecular complexity index is 571. The average molecular weight is 350 g/mol. The third kappa shape index (κ3) is 1.02. The second kappa shape index (κ2) is 3.10. The van der Waals surface area contributed by atoms with Crippen LogP contribution in [0.1, 0.15) is 25.7 Å². The van der Waals surface area contributed by atoms with E-state index in [0.717, 1.165) is 11.0 Å². The molecule has 2 bridgehead atoms. The van der Waals surface area contributed by atoms with Crippen LogP contribution in [0.2, 0.25) is 0 Å². The Morgan fingerprint density at radius 1 is 0.950 bits per heavy atom. The Hall–Kier alpha value is 0.900. The van der Waals surface area contributed by atoms with Crippen LogP contribution in [0.5, 0.6) is 0 Å². The van der Waals surface area contributed by atoms with Gasteiger partial charge in [0.1, 0.15) is 4.33 Å². The summed E-state index contributed by atoms with van der Waals surface area (Å²) in [4.78, 5) is 0. The fourth-order valence-electron chi connectivity index (χ4n) is 7.18. The normalized spacial score (nSPS) is 60.2. The first kappa shape index (κ1) is 12.3. The topological polar surface area (TPSA) is 0 Å². The predicted octanol–water partition coefficient (Wildman–Crippen LogP) is 5.20. The van der Waals surface area contributed by atoms with Crippen molar-refractivity contribution in [3.8, 4) is 0 Å². The first-order valence-electron chi connectivity index (χ1n) is 7.84. The van der Waals surface area contributed by atoms with Gasteiger partial charge in [0.15, 0.2) is 0 Å². The van der Waals surface area contributed by atoms with E-state index in [2.05, 4.69) is 6.08 Å². The molecule has 0 N–H and O–H groups in total. The second-order valence-corrected chi connectivity index (χ2v) is 10.6. The van der Waals surface area contributed by atoms with E-state index < -0.39 is 4.33 Å². The maximum absolute atomic E-state index is 6.77. The number of hydrogen-bond donors (Lipinski definition) is 0. The standard InChI is InChI=1S/C16H16Cl4/c17-7-5-6-8-9(11(12(7)18)14(6)1-2-14)15(3-4-15)13-10(8)16(13,19)20/h5-6,8-13H,1-4H2/t6-,8+,9+,10+,11-,12-,13-/m0/s1. The quantitative estimate of drug-likeness (QED) is 0.527. The van der Waals surface area contributed by atoms with Gasteiger partial charge < -0.3 is 0 Å². The summed E-state index contributed by atoms with van der Waals surface area (Å²) in [5.41, 5.74) is 0.892. The summed E-state index contributed by atoms with van der Waals surface area (Å²) in [6, 6.07) is 0. The van der Waals surface area contributed by atoms with Crippen LogP contribution in [0.4, 0.5) is 0 Å². The second-order valence-electron chi connectivity index (χ2n) is 8.25. The van der Waals surface area contributed by atoms with Gasteiger partial charge in [-0.3, -0.25) is 0 Å². The van der Waals surface area contributed by atoms with Crippen molar-refractivity contribution in [1.29, 1.82) is 0 Å². The van der Waals surface area contributed by atoms with Crippen LogP contribution in [0.15, 0.2) is 11.1 Å². The molecule has 0 aromatic carbocycles. The molecule has 6 aliphatic rings. The molecule has 0 aliphatic heterocycles. The molecule has 0 saturated heterocycles. The van der Waals surface area contributed by atoms with Crippen molar-refractivity contribution in [1.82, 2.24) is 0 Å². The molecule has 5 saturated carbocycles. The minimum absolute atomic E-state index is 0.0421. The Balaban J connectivity index is 1.56. The third-order valence-corrected chi connectivity index (χ3v) is 9.88. The zero-order valence-electron chi connectivity index (χ0n) is 11.0. The van der Waals surface area contributed by atoms with Crippen LogP contribution >= 0.6 is 46.4 Å². The van der Waals surface area contributed by atoms with Crippen molar-refractivity contribution in [2.24, 2.45) is 46.3 Å². The summed E-state index contributed by atoms with van der Waals surface area (Å²) in [6.07, 6.45) is 7.61. The monoisotopic (exact) mass is 348 g/mol. The van der Waals surface area contributed by atoms with Gasteiger partial charge in [-0.05, 0) is 60.2 Å². The highest BCUT2D eigenvalue weighted by Gasteiger charge is 2.90. The van der Waals surface area contributed by atoms with Crippen LogP contribution in [-0.4, -0.2) is 9.71 Å². The van der Waals surface area contributed by atoms with E-state index in [0.29, 0.717) is 40.4 Å². The zero-order valence-corrected chi connectivity index (χ0v) is 14.0. The van der Waals surface area contributed by atoms with Crippen molar-refractivity contribution >= 4 is 46.4 Å². The van der Waals surface area contributed by atoms with E-state index in [-0.39, 0.29) is 5.38 Å². The maximum atomic E-state index is 6.77. The third-order valence-electron chi connectivity index (χ3n) is 7.92. The van der Waals surface area contributed by atoms with Gasteiger partial charge in [-0.1, -0.05) is 17.7 Å². The molecule has 0 heterocycles. The van der Waals surface area contributed by atoms with Crippen LogP contribution in [0.25, 0.3) is 0 Å². The minimum atomic E-state index is -0.451. The van der Waals surface area contributed by atoms with Gasteiger partial charge in [0.05, 0.1) is 5.38 Å². The van der Waals surface area contributed by atoms with E-state index in [1.165, 1.54) is 25.7 Å². The number of allylic oxidation sites excluding steroid dienone is 2. The molecule has 2 spiro atoms. The first-order chi connectivity index (χ1) is 9.45. The highest BCUT2D eigenvalue weighted by atomic mass is 35.5. The first-order valence-corrected chi connectivity index (χ1v) is 9.41. The van der Waals surface area contributed by atoms with Gasteiger partial charge >= 0.3 is 0 Å².